The number of benzene rings is 3. The summed E-state index contributed by atoms with van der Waals surface area (Å²) >= 11 is 0. The minimum absolute atomic E-state index is 0.117. The van der Waals surface area contributed by atoms with Gasteiger partial charge in [0.15, 0.2) is 0 Å². The van der Waals surface area contributed by atoms with Crippen molar-refractivity contribution in [3.8, 4) is 11.8 Å². The molecule has 3 aromatic carbocycles. The SMILES string of the molecule is CCCCCCCCC#Cc1ccc(CN(Cc2ccc(C=CC(=O)OC)cc2)C(=O)CCc2ccccc2)cc1. The van der Waals surface area contributed by atoms with Crippen molar-refractivity contribution in [2.75, 3.05) is 7.11 Å². The fourth-order valence-electron chi connectivity index (χ4n) is 4.55. The first-order valence-corrected chi connectivity index (χ1v) is 14.8. The predicted molar refractivity (Wildman–Crippen MR) is 168 cm³/mol. The average molecular weight is 550 g/mol. The Morgan fingerprint density at radius 1 is 0.780 bits per heavy atom. The highest BCUT2D eigenvalue weighted by Crippen LogP contribution is 2.16. The second-order valence-corrected chi connectivity index (χ2v) is 10.3. The minimum atomic E-state index is -0.390. The molecule has 0 saturated heterocycles. The van der Waals surface area contributed by atoms with Gasteiger partial charge in [-0.25, -0.2) is 4.79 Å². The summed E-state index contributed by atoms with van der Waals surface area (Å²) in [7, 11) is 1.36. The Morgan fingerprint density at radius 2 is 1.41 bits per heavy atom. The molecule has 41 heavy (non-hydrogen) atoms. The van der Waals surface area contributed by atoms with Crippen molar-refractivity contribution in [1.82, 2.24) is 4.90 Å². The van der Waals surface area contributed by atoms with Gasteiger partial charge in [-0.1, -0.05) is 118 Å². The standard InChI is InChI=1S/C37H43NO3/c1-3-4-5-6-7-8-9-11-16-32-17-21-34(22-18-32)29-38(36(39)27-25-31-14-12-10-13-15-31)30-35-23-19-33(20-24-35)26-28-37(40)41-2/h10,12-15,17-24,26,28H,3-9,25,27,29-30H2,1-2H3. The number of nitrogens with zero attached hydrogens (tertiary/aromatic N) is 1. The Balaban J connectivity index is 1.62. The molecule has 0 bridgehead atoms. The summed E-state index contributed by atoms with van der Waals surface area (Å²) < 4.78 is 4.66. The van der Waals surface area contributed by atoms with Crippen LogP contribution < -0.4 is 0 Å². The molecule has 0 saturated carbocycles. The molecule has 214 valence electrons. The maximum atomic E-state index is 13.4. The number of methoxy groups -OCH3 is 1. The number of carbonyl (C=O) groups is 2. The van der Waals surface area contributed by atoms with E-state index < -0.39 is 0 Å². The van der Waals surface area contributed by atoms with Crippen LogP contribution in [0.3, 0.4) is 0 Å². The van der Waals surface area contributed by atoms with Gasteiger partial charge >= 0.3 is 5.97 Å². The van der Waals surface area contributed by atoms with Gasteiger partial charge in [0, 0.05) is 37.6 Å². The van der Waals surface area contributed by atoms with Crippen LogP contribution in [0.5, 0.6) is 0 Å². The lowest BCUT2D eigenvalue weighted by molar-refractivity contribution is -0.135. The summed E-state index contributed by atoms with van der Waals surface area (Å²) in [5.41, 5.74) is 5.18. The van der Waals surface area contributed by atoms with E-state index in [0.717, 1.165) is 40.7 Å². The molecular formula is C37H43NO3. The average Bonchev–Trinajstić information content (AvgIpc) is 3.01. The third-order valence-electron chi connectivity index (χ3n) is 7.00. The molecule has 0 heterocycles. The van der Waals surface area contributed by atoms with Gasteiger partial charge in [0.2, 0.25) is 5.91 Å². The van der Waals surface area contributed by atoms with E-state index in [9.17, 15) is 9.59 Å². The number of aryl methyl sites for hydroxylation is 1. The summed E-state index contributed by atoms with van der Waals surface area (Å²) in [4.78, 5) is 26.7. The van der Waals surface area contributed by atoms with E-state index in [1.807, 2.05) is 47.4 Å². The summed E-state index contributed by atoms with van der Waals surface area (Å²) in [6.07, 6.45) is 12.9. The smallest absolute Gasteiger partial charge is 0.330 e. The molecule has 3 rings (SSSR count). The molecule has 1 amide bonds. The van der Waals surface area contributed by atoms with Crippen molar-refractivity contribution in [2.45, 2.75) is 77.8 Å². The molecule has 0 aliphatic heterocycles. The van der Waals surface area contributed by atoms with Gasteiger partial charge in [-0.05, 0) is 53.3 Å². The van der Waals surface area contributed by atoms with E-state index in [2.05, 4.69) is 59.9 Å². The molecule has 4 heteroatoms. The summed E-state index contributed by atoms with van der Waals surface area (Å²) in [6, 6.07) is 26.3. The number of rotatable bonds is 15. The van der Waals surface area contributed by atoms with E-state index in [-0.39, 0.29) is 11.9 Å². The molecule has 0 N–H and O–H groups in total. The van der Waals surface area contributed by atoms with Gasteiger partial charge in [0.05, 0.1) is 7.11 Å². The monoisotopic (exact) mass is 549 g/mol. The lowest BCUT2D eigenvalue weighted by Gasteiger charge is -2.23. The summed E-state index contributed by atoms with van der Waals surface area (Å²) in [5, 5.41) is 0. The van der Waals surface area contributed by atoms with Gasteiger partial charge in [0.25, 0.3) is 0 Å². The number of hydrogen-bond donors (Lipinski definition) is 0. The molecule has 0 atom stereocenters. The maximum Gasteiger partial charge on any atom is 0.330 e. The van der Waals surface area contributed by atoms with Crippen molar-refractivity contribution in [1.29, 1.82) is 0 Å². The summed E-state index contributed by atoms with van der Waals surface area (Å²) in [6.45, 7) is 3.28. The third-order valence-corrected chi connectivity index (χ3v) is 7.00. The van der Waals surface area contributed by atoms with Crippen molar-refractivity contribution in [3.63, 3.8) is 0 Å². The largest absolute Gasteiger partial charge is 0.466 e. The van der Waals surface area contributed by atoms with Crippen LogP contribution in [0.15, 0.2) is 84.9 Å². The van der Waals surface area contributed by atoms with Crippen LogP contribution in [-0.4, -0.2) is 23.9 Å². The van der Waals surface area contributed by atoms with Gasteiger partial charge in [0.1, 0.15) is 0 Å². The molecule has 3 aromatic rings. The molecule has 0 fully saturated rings. The second-order valence-electron chi connectivity index (χ2n) is 10.3. The number of carbonyl (C=O) groups excluding carboxylic acids is 2. The highest BCUT2D eigenvalue weighted by molar-refractivity contribution is 5.86. The fraction of sp³-hybridized carbons (Fsp3) is 0.351. The Kier molecular flexibility index (Phi) is 14.0. The first-order chi connectivity index (χ1) is 20.1. The van der Waals surface area contributed by atoms with Crippen LogP contribution in [0.25, 0.3) is 6.08 Å². The van der Waals surface area contributed by atoms with Crippen LogP contribution in [0.1, 0.15) is 86.1 Å². The fourth-order valence-corrected chi connectivity index (χ4v) is 4.55. The van der Waals surface area contributed by atoms with Gasteiger partial charge < -0.3 is 9.64 Å². The Labute approximate surface area is 246 Å². The number of hydrogen-bond acceptors (Lipinski definition) is 3. The highest BCUT2D eigenvalue weighted by Gasteiger charge is 2.15. The van der Waals surface area contributed by atoms with E-state index in [1.165, 1.54) is 45.3 Å². The minimum Gasteiger partial charge on any atom is -0.466 e. The molecule has 0 aromatic heterocycles. The zero-order chi connectivity index (χ0) is 29.1. The van der Waals surface area contributed by atoms with Crippen LogP contribution in [0.4, 0.5) is 0 Å². The molecule has 0 spiro atoms. The first-order valence-electron chi connectivity index (χ1n) is 14.8. The predicted octanol–water partition coefficient (Wildman–Crippen LogP) is 8.14. The van der Waals surface area contributed by atoms with E-state index in [0.29, 0.717) is 25.9 Å². The van der Waals surface area contributed by atoms with E-state index >= 15 is 0 Å². The van der Waals surface area contributed by atoms with Crippen LogP contribution in [0, 0.1) is 11.8 Å². The number of amides is 1. The molecular weight excluding hydrogens is 506 g/mol. The molecule has 0 aliphatic carbocycles. The highest BCUT2D eigenvalue weighted by atomic mass is 16.5. The lowest BCUT2D eigenvalue weighted by Crippen LogP contribution is -2.30. The molecule has 0 unspecified atom stereocenters. The number of unbranched alkanes of at least 4 members (excludes halogenated alkanes) is 6. The van der Waals surface area contributed by atoms with E-state index in [4.69, 9.17) is 0 Å². The van der Waals surface area contributed by atoms with Gasteiger partial charge in [-0.2, -0.15) is 0 Å². The topological polar surface area (TPSA) is 46.6 Å². The zero-order valence-electron chi connectivity index (χ0n) is 24.6. The first kappa shape index (κ1) is 31.4. The maximum absolute atomic E-state index is 13.4. The Bertz CT molecular complexity index is 1280. The molecule has 4 nitrogen and oxygen atoms in total. The lowest BCUT2D eigenvalue weighted by atomic mass is 10.1. The van der Waals surface area contributed by atoms with Crippen LogP contribution >= 0.6 is 0 Å². The van der Waals surface area contributed by atoms with Crippen LogP contribution in [0.2, 0.25) is 0 Å². The normalized spacial score (nSPS) is 10.7. The molecule has 0 aliphatic rings. The van der Waals surface area contributed by atoms with Crippen molar-refractivity contribution in [3.05, 3.63) is 113 Å². The quantitative estimate of drug-likeness (QED) is 0.0832. The van der Waals surface area contributed by atoms with Crippen molar-refractivity contribution in [2.24, 2.45) is 0 Å². The summed E-state index contributed by atoms with van der Waals surface area (Å²) in [5.74, 6) is 6.33. The zero-order valence-corrected chi connectivity index (χ0v) is 24.6. The Morgan fingerprint density at radius 3 is 2.07 bits per heavy atom. The van der Waals surface area contributed by atoms with Gasteiger partial charge in [-0.15, -0.1) is 0 Å². The van der Waals surface area contributed by atoms with Crippen molar-refractivity contribution < 1.29 is 14.3 Å². The van der Waals surface area contributed by atoms with Crippen LogP contribution in [-0.2, 0) is 33.8 Å². The number of ether oxygens (including phenoxy) is 1. The second kappa shape index (κ2) is 18.3. The third kappa shape index (κ3) is 12.3. The van der Waals surface area contributed by atoms with Crippen molar-refractivity contribution >= 4 is 18.0 Å². The number of esters is 1. The van der Waals surface area contributed by atoms with E-state index in [1.54, 1.807) is 6.08 Å². The Hall–Kier alpha value is -4.10. The van der Waals surface area contributed by atoms with Gasteiger partial charge in [-0.3, -0.25) is 4.79 Å². The molecule has 0 radical (unpaired) electrons.